The van der Waals surface area contributed by atoms with Gasteiger partial charge in [0.05, 0.1) is 25.2 Å². The third-order valence-electron chi connectivity index (χ3n) is 4.71. The molecule has 1 aliphatic rings. The molecule has 0 saturated heterocycles. The molecule has 0 bridgehead atoms. The average molecular weight is 354 g/mol. The highest BCUT2D eigenvalue weighted by Crippen LogP contribution is 2.30. The van der Waals surface area contributed by atoms with Gasteiger partial charge in [0.25, 0.3) is 0 Å². The SMILES string of the molecule is COC(CN)CC(=O)NC(c1ccccc1)c1ccc2c(c1)CCCO2. The zero-order chi connectivity index (χ0) is 18.4. The molecule has 1 amide bonds. The molecule has 26 heavy (non-hydrogen) atoms. The number of carbonyl (C=O) groups is 1. The maximum Gasteiger partial charge on any atom is 0.223 e. The molecule has 2 unspecified atom stereocenters. The summed E-state index contributed by atoms with van der Waals surface area (Å²) in [7, 11) is 1.57. The Bertz CT molecular complexity index is 729. The van der Waals surface area contributed by atoms with Crippen LogP contribution in [0.3, 0.4) is 0 Å². The van der Waals surface area contributed by atoms with Crippen molar-refractivity contribution in [3.8, 4) is 5.75 Å². The fourth-order valence-electron chi connectivity index (χ4n) is 3.25. The Labute approximate surface area is 154 Å². The monoisotopic (exact) mass is 354 g/mol. The lowest BCUT2D eigenvalue weighted by Gasteiger charge is -2.24. The summed E-state index contributed by atoms with van der Waals surface area (Å²) in [5, 5.41) is 3.14. The number of carbonyl (C=O) groups excluding carboxylic acids is 1. The largest absolute Gasteiger partial charge is 0.493 e. The summed E-state index contributed by atoms with van der Waals surface area (Å²) in [4.78, 5) is 12.5. The van der Waals surface area contributed by atoms with E-state index in [0.717, 1.165) is 36.3 Å². The molecule has 1 aliphatic heterocycles. The van der Waals surface area contributed by atoms with Gasteiger partial charge < -0.3 is 20.5 Å². The number of hydrogen-bond donors (Lipinski definition) is 2. The van der Waals surface area contributed by atoms with Crippen LogP contribution >= 0.6 is 0 Å². The van der Waals surface area contributed by atoms with Crippen LogP contribution in [0.1, 0.15) is 35.6 Å². The van der Waals surface area contributed by atoms with E-state index in [1.54, 1.807) is 7.11 Å². The van der Waals surface area contributed by atoms with Crippen LogP contribution in [0.5, 0.6) is 5.75 Å². The maximum absolute atomic E-state index is 12.5. The predicted octanol–water partition coefficient (Wildman–Crippen LogP) is 2.58. The summed E-state index contributed by atoms with van der Waals surface area (Å²) in [6.45, 7) is 1.08. The van der Waals surface area contributed by atoms with Crippen LogP contribution in [-0.4, -0.2) is 32.3 Å². The van der Waals surface area contributed by atoms with Crippen molar-refractivity contribution in [2.45, 2.75) is 31.4 Å². The van der Waals surface area contributed by atoms with E-state index >= 15 is 0 Å². The Kier molecular flexibility index (Phi) is 6.26. The van der Waals surface area contributed by atoms with Crippen LogP contribution in [0.4, 0.5) is 0 Å². The number of benzene rings is 2. The number of amides is 1. The van der Waals surface area contributed by atoms with Gasteiger partial charge in [-0.05, 0) is 41.7 Å². The number of aryl methyl sites for hydroxylation is 1. The minimum Gasteiger partial charge on any atom is -0.493 e. The Balaban J connectivity index is 1.86. The highest BCUT2D eigenvalue weighted by Gasteiger charge is 2.21. The zero-order valence-corrected chi connectivity index (χ0v) is 15.1. The standard InChI is InChI=1S/C21H26N2O3/c1-25-18(14-22)13-20(24)23-21(15-6-3-2-4-7-15)17-9-10-19-16(12-17)8-5-11-26-19/h2-4,6-7,9-10,12,18,21H,5,8,11,13-14,22H2,1H3,(H,23,24). The van der Waals surface area contributed by atoms with Crippen molar-refractivity contribution in [1.82, 2.24) is 5.32 Å². The minimum atomic E-state index is -0.275. The van der Waals surface area contributed by atoms with Crippen LogP contribution in [0.15, 0.2) is 48.5 Å². The van der Waals surface area contributed by atoms with Crippen LogP contribution in [0.2, 0.25) is 0 Å². The number of hydrogen-bond acceptors (Lipinski definition) is 4. The minimum absolute atomic E-state index is 0.0786. The van der Waals surface area contributed by atoms with E-state index in [4.69, 9.17) is 15.2 Å². The van der Waals surface area contributed by atoms with E-state index in [1.165, 1.54) is 5.56 Å². The molecule has 0 aromatic heterocycles. The molecule has 0 radical (unpaired) electrons. The Morgan fingerprint density at radius 1 is 1.23 bits per heavy atom. The molecular weight excluding hydrogens is 328 g/mol. The van der Waals surface area contributed by atoms with Crippen LogP contribution in [0.25, 0.3) is 0 Å². The third-order valence-corrected chi connectivity index (χ3v) is 4.71. The normalized spacial score (nSPS) is 15.5. The first kappa shape index (κ1) is 18.4. The van der Waals surface area contributed by atoms with Gasteiger partial charge in [0.15, 0.2) is 0 Å². The van der Waals surface area contributed by atoms with E-state index in [1.807, 2.05) is 42.5 Å². The topological polar surface area (TPSA) is 73.6 Å². The van der Waals surface area contributed by atoms with Gasteiger partial charge in [0, 0.05) is 13.7 Å². The van der Waals surface area contributed by atoms with Crippen molar-refractivity contribution in [3.63, 3.8) is 0 Å². The van der Waals surface area contributed by atoms with Gasteiger partial charge in [-0.3, -0.25) is 4.79 Å². The molecule has 1 heterocycles. The predicted molar refractivity (Wildman–Crippen MR) is 101 cm³/mol. The molecule has 138 valence electrons. The Hall–Kier alpha value is -2.37. The molecule has 5 heteroatoms. The lowest BCUT2D eigenvalue weighted by Crippen LogP contribution is -2.35. The maximum atomic E-state index is 12.5. The van der Waals surface area contributed by atoms with E-state index in [-0.39, 0.29) is 24.5 Å². The van der Waals surface area contributed by atoms with Crippen LogP contribution < -0.4 is 15.8 Å². The summed E-state index contributed by atoms with van der Waals surface area (Å²) in [6.07, 6.45) is 1.98. The summed E-state index contributed by atoms with van der Waals surface area (Å²) < 4.78 is 10.9. The molecule has 0 saturated carbocycles. The summed E-state index contributed by atoms with van der Waals surface area (Å²) in [5.74, 6) is 0.867. The molecule has 3 N–H and O–H groups in total. The fraction of sp³-hybridized carbons (Fsp3) is 0.381. The van der Waals surface area contributed by atoms with Crippen molar-refractivity contribution in [2.75, 3.05) is 20.3 Å². The van der Waals surface area contributed by atoms with Crippen molar-refractivity contribution < 1.29 is 14.3 Å². The lowest BCUT2D eigenvalue weighted by molar-refractivity contribution is -0.123. The second kappa shape index (κ2) is 8.83. The third kappa shape index (κ3) is 4.42. The van der Waals surface area contributed by atoms with Crippen LogP contribution in [-0.2, 0) is 16.0 Å². The average Bonchev–Trinajstić information content (AvgIpc) is 2.70. The van der Waals surface area contributed by atoms with E-state index in [2.05, 4.69) is 11.4 Å². The van der Waals surface area contributed by atoms with Gasteiger partial charge in [-0.2, -0.15) is 0 Å². The van der Waals surface area contributed by atoms with Crippen molar-refractivity contribution in [3.05, 3.63) is 65.2 Å². The second-order valence-electron chi connectivity index (χ2n) is 6.53. The fourth-order valence-corrected chi connectivity index (χ4v) is 3.25. The summed E-state index contributed by atoms with van der Waals surface area (Å²) >= 11 is 0. The first-order chi connectivity index (χ1) is 12.7. The number of rotatable bonds is 7. The number of ether oxygens (including phenoxy) is 2. The first-order valence-electron chi connectivity index (χ1n) is 9.04. The number of nitrogens with two attached hydrogens (primary N) is 1. The lowest BCUT2D eigenvalue weighted by atomic mass is 9.94. The second-order valence-corrected chi connectivity index (χ2v) is 6.53. The number of nitrogens with one attached hydrogen (secondary N) is 1. The summed E-state index contributed by atoms with van der Waals surface area (Å²) in [5.41, 5.74) is 8.93. The van der Waals surface area contributed by atoms with E-state index < -0.39 is 0 Å². The molecule has 0 spiro atoms. The molecule has 2 aromatic rings. The van der Waals surface area contributed by atoms with Crippen molar-refractivity contribution in [2.24, 2.45) is 5.73 Å². The molecule has 5 nitrogen and oxygen atoms in total. The Morgan fingerprint density at radius 3 is 2.77 bits per heavy atom. The number of fused-ring (bicyclic) bond motifs is 1. The van der Waals surface area contributed by atoms with Gasteiger partial charge in [-0.25, -0.2) is 0 Å². The molecule has 2 aromatic carbocycles. The van der Waals surface area contributed by atoms with Crippen LogP contribution in [0, 0.1) is 0 Å². The van der Waals surface area contributed by atoms with Gasteiger partial charge in [0.1, 0.15) is 5.75 Å². The van der Waals surface area contributed by atoms with Gasteiger partial charge in [-0.1, -0.05) is 36.4 Å². The number of methoxy groups -OCH3 is 1. The highest BCUT2D eigenvalue weighted by atomic mass is 16.5. The van der Waals surface area contributed by atoms with E-state index in [9.17, 15) is 4.79 Å². The first-order valence-corrected chi connectivity index (χ1v) is 9.04. The Morgan fingerprint density at radius 2 is 2.04 bits per heavy atom. The smallest absolute Gasteiger partial charge is 0.223 e. The van der Waals surface area contributed by atoms with Crippen molar-refractivity contribution >= 4 is 5.91 Å². The quantitative estimate of drug-likeness (QED) is 0.801. The zero-order valence-electron chi connectivity index (χ0n) is 15.1. The van der Waals surface area contributed by atoms with Gasteiger partial charge in [-0.15, -0.1) is 0 Å². The summed E-state index contributed by atoms with van der Waals surface area (Å²) in [6, 6.07) is 15.9. The molecule has 3 rings (SSSR count). The van der Waals surface area contributed by atoms with Gasteiger partial charge >= 0.3 is 0 Å². The van der Waals surface area contributed by atoms with E-state index in [0.29, 0.717) is 6.54 Å². The molecule has 0 aliphatic carbocycles. The highest BCUT2D eigenvalue weighted by molar-refractivity contribution is 5.77. The van der Waals surface area contributed by atoms with Crippen molar-refractivity contribution in [1.29, 1.82) is 0 Å². The molecule has 0 fully saturated rings. The van der Waals surface area contributed by atoms with Gasteiger partial charge in [0.2, 0.25) is 5.91 Å². The molecule has 2 atom stereocenters. The molecular formula is C21H26N2O3.